The molecule has 0 amide bonds. The summed E-state index contributed by atoms with van der Waals surface area (Å²) in [6.45, 7) is 3.16. The van der Waals surface area contributed by atoms with Gasteiger partial charge < -0.3 is 19.3 Å². The monoisotopic (exact) mass is 368 g/mol. The Bertz CT molecular complexity index is 406. The Morgan fingerprint density at radius 2 is 1.54 bits per heavy atom. The van der Waals surface area contributed by atoms with Crippen molar-refractivity contribution in [3.8, 4) is 0 Å². The van der Waals surface area contributed by atoms with Crippen LogP contribution >= 0.6 is 7.82 Å². The maximum atomic E-state index is 11.6. The van der Waals surface area contributed by atoms with E-state index in [0.717, 1.165) is 25.7 Å². The lowest BCUT2D eigenvalue weighted by atomic mass is 10.2. The minimum Gasteiger partial charge on any atom is -0.462 e. The topological polar surface area (TPSA) is 119 Å². The van der Waals surface area contributed by atoms with Gasteiger partial charge in [0.25, 0.3) is 0 Å². The van der Waals surface area contributed by atoms with Crippen molar-refractivity contribution in [2.75, 3.05) is 13.2 Å². The van der Waals surface area contributed by atoms with Crippen molar-refractivity contribution in [1.29, 1.82) is 0 Å². The molecule has 9 heteroatoms. The van der Waals surface area contributed by atoms with Crippen molar-refractivity contribution in [3.05, 3.63) is 0 Å². The molecule has 0 aliphatic heterocycles. The van der Waals surface area contributed by atoms with Crippen LogP contribution in [0.5, 0.6) is 0 Å². The highest BCUT2D eigenvalue weighted by molar-refractivity contribution is 7.46. The SMILES string of the molecule is CCCCCCC(=O)OC[C@H](COP(=O)(O)O)OC(=O)CCCC. The van der Waals surface area contributed by atoms with E-state index in [0.29, 0.717) is 12.8 Å². The van der Waals surface area contributed by atoms with Crippen molar-refractivity contribution in [1.82, 2.24) is 0 Å². The van der Waals surface area contributed by atoms with E-state index in [1.807, 2.05) is 6.92 Å². The summed E-state index contributed by atoms with van der Waals surface area (Å²) in [6.07, 6.45) is 4.61. The number of carbonyl (C=O) groups is 2. The molecule has 0 aromatic carbocycles. The van der Waals surface area contributed by atoms with Crippen molar-refractivity contribution in [3.63, 3.8) is 0 Å². The average molecular weight is 368 g/mol. The highest BCUT2D eigenvalue weighted by atomic mass is 31.2. The van der Waals surface area contributed by atoms with Crippen LogP contribution in [-0.2, 0) is 28.2 Å². The third kappa shape index (κ3) is 14.6. The maximum absolute atomic E-state index is 11.6. The number of hydrogen-bond donors (Lipinski definition) is 2. The molecule has 0 aromatic heterocycles. The molecular formula is C15H29O8P. The van der Waals surface area contributed by atoms with Gasteiger partial charge in [-0.05, 0) is 12.8 Å². The minimum atomic E-state index is -4.69. The number of phosphoric acid groups is 1. The molecule has 0 radical (unpaired) electrons. The maximum Gasteiger partial charge on any atom is 0.469 e. The highest BCUT2D eigenvalue weighted by Gasteiger charge is 2.22. The summed E-state index contributed by atoms with van der Waals surface area (Å²) in [6, 6.07) is 0. The van der Waals surface area contributed by atoms with E-state index in [9.17, 15) is 14.2 Å². The number of hydrogen-bond acceptors (Lipinski definition) is 6. The van der Waals surface area contributed by atoms with E-state index in [1.54, 1.807) is 0 Å². The second-order valence-electron chi connectivity index (χ2n) is 5.50. The highest BCUT2D eigenvalue weighted by Crippen LogP contribution is 2.35. The van der Waals surface area contributed by atoms with Crippen molar-refractivity contribution >= 4 is 19.8 Å². The van der Waals surface area contributed by atoms with Gasteiger partial charge in [-0.15, -0.1) is 0 Å². The number of carbonyl (C=O) groups excluding carboxylic acids is 2. The average Bonchev–Trinajstić information content (AvgIpc) is 2.51. The van der Waals surface area contributed by atoms with Crippen LogP contribution in [0.1, 0.15) is 65.2 Å². The first-order valence-electron chi connectivity index (χ1n) is 8.33. The lowest BCUT2D eigenvalue weighted by molar-refractivity contribution is -0.161. The Hall–Kier alpha value is -0.950. The van der Waals surface area contributed by atoms with Crippen LogP contribution in [0.3, 0.4) is 0 Å². The quantitative estimate of drug-likeness (QED) is 0.273. The molecule has 1 atom stereocenters. The fraction of sp³-hybridized carbons (Fsp3) is 0.867. The Kier molecular flexibility index (Phi) is 12.8. The van der Waals surface area contributed by atoms with Gasteiger partial charge in [0.2, 0.25) is 0 Å². The largest absolute Gasteiger partial charge is 0.469 e. The number of unbranched alkanes of at least 4 members (excludes halogenated alkanes) is 4. The summed E-state index contributed by atoms with van der Waals surface area (Å²) in [7, 11) is -4.69. The summed E-state index contributed by atoms with van der Waals surface area (Å²) in [5, 5.41) is 0. The molecule has 0 saturated heterocycles. The van der Waals surface area contributed by atoms with Gasteiger partial charge in [0.1, 0.15) is 6.61 Å². The molecule has 0 aromatic rings. The van der Waals surface area contributed by atoms with Gasteiger partial charge in [-0.1, -0.05) is 39.5 Å². The van der Waals surface area contributed by atoms with Gasteiger partial charge in [-0.25, -0.2) is 4.57 Å². The zero-order valence-electron chi connectivity index (χ0n) is 14.4. The summed E-state index contributed by atoms with van der Waals surface area (Å²) in [5.41, 5.74) is 0. The molecule has 0 spiro atoms. The smallest absolute Gasteiger partial charge is 0.462 e. The van der Waals surface area contributed by atoms with E-state index >= 15 is 0 Å². The summed E-state index contributed by atoms with van der Waals surface area (Å²) < 4.78 is 25.2. The fourth-order valence-electron chi connectivity index (χ4n) is 1.82. The van der Waals surface area contributed by atoms with Crippen LogP contribution in [0.15, 0.2) is 0 Å². The van der Waals surface area contributed by atoms with Crippen molar-refractivity contribution in [2.24, 2.45) is 0 Å². The normalized spacial score (nSPS) is 12.7. The second-order valence-corrected chi connectivity index (χ2v) is 6.73. The molecule has 2 N–H and O–H groups in total. The first-order valence-corrected chi connectivity index (χ1v) is 9.86. The van der Waals surface area contributed by atoms with E-state index in [-0.39, 0.29) is 19.4 Å². The zero-order chi connectivity index (χ0) is 18.4. The summed E-state index contributed by atoms with van der Waals surface area (Å²) in [4.78, 5) is 40.7. The van der Waals surface area contributed by atoms with E-state index in [2.05, 4.69) is 11.4 Å². The van der Waals surface area contributed by atoms with Crippen LogP contribution in [0.4, 0.5) is 0 Å². The third-order valence-corrected chi connectivity index (χ3v) is 3.61. The van der Waals surface area contributed by atoms with E-state index in [4.69, 9.17) is 19.3 Å². The van der Waals surface area contributed by atoms with Gasteiger partial charge >= 0.3 is 19.8 Å². The number of phosphoric ester groups is 1. The zero-order valence-corrected chi connectivity index (χ0v) is 15.3. The molecule has 0 aliphatic carbocycles. The fourth-order valence-corrected chi connectivity index (χ4v) is 2.18. The Labute approximate surface area is 143 Å². The molecule has 8 nitrogen and oxygen atoms in total. The van der Waals surface area contributed by atoms with Crippen LogP contribution < -0.4 is 0 Å². The molecule has 0 aliphatic rings. The first kappa shape index (κ1) is 23.1. The van der Waals surface area contributed by atoms with E-state index in [1.165, 1.54) is 0 Å². The van der Waals surface area contributed by atoms with Crippen LogP contribution in [-0.4, -0.2) is 41.0 Å². The Morgan fingerprint density at radius 1 is 0.917 bits per heavy atom. The molecule has 0 saturated carbocycles. The van der Waals surface area contributed by atoms with Gasteiger partial charge in [0.05, 0.1) is 6.61 Å². The van der Waals surface area contributed by atoms with Crippen LogP contribution in [0.2, 0.25) is 0 Å². The van der Waals surface area contributed by atoms with Crippen LogP contribution in [0, 0.1) is 0 Å². The number of ether oxygens (including phenoxy) is 2. The molecule has 0 fully saturated rings. The molecular weight excluding hydrogens is 339 g/mol. The van der Waals surface area contributed by atoms with Gasteiger partial charge in [0.15, 0.2) is 6.10 Å². The number of rotatable bonds is 14. The molecule has 0 heterocycles. The Morgan fingerprint density at radius 3 is 2.12 bits per heavy atom. The molecule has 24 heavy (non-hydrogen) atoms. The molecule has 0 bridgehead atoms. The Balaban J connectivity index is 4.29. The molecule has 0 unspecified atom stereocenters. The summed E-state index contributed by atoms with van der Waals surface area (Å²) >= 11 is 0. The summed E-state index contributed by atoms with van der Waals surface area (Å²) in [5.74, 6) is -0.952. The van der Waals surface area contributed by atoms with Gasteiger partial charge in [-0.2, -0.15) is 0 Å². The molecule has 0 rings (SSSR count). The van der Waals surface area contributed by atoms with Crippen molar-refractivity contribution < 1.29 is 37.9 Å². The first-order chi connectivity index (χ1) is 11.3. The van der Waals surface area contributed by atoms with Crippen LogP contribution in [0.25, 0.3) is 0 Å². The predicted octanol–water partition coefficient (Wildman–Crippen LogP) is 2.71. The molecule has 142 valence electrons. The minimum absolute atomic E-state index is 0.188. The predicted molar refractivity (Wildman–Crippen MR) is 87.1 cm³/mol. The van der Waals surface area contributed by atoms with Gasteiger partial charge in [-0.3, -0.25) is 14.1 Å². The second kappa shape index (κ2) is 13.4. The number of esters is 2. The van der Waals surface area contributed by atoms with Gasteiger partial charge in [0, 0.05) is 12.8 Å². The standard InChI is InChI=1S/C15H29O8P/c1-3-5-7-8-10-14(16)21-11-13(12-22-24(18,19)20)23-15(17)9-6-4-2/h13H,3-12H2,1-2H3,(H2,18,19,20)/t13-/m1/s1. The van der Waals surface area contributed by atoms with E-state index < -0.39 is 32.5 Å². The lowest BCUT2D eigenvalue weighted by Gasteiger charge is -2.18. The third-order valence-electron chi connectivity index (χ3n) is 3.13. The van der Waals surface area contributed by atoms with Crippen molar-refractivity contribution in [2.45, 2.75) is 71.3 Å². The lowest BCUT2D eigenvalue weighted by Crippen LogP contribution is -2.29.